The van der Waals surface area contributed by atoms with Crippen molar-refractivity contribution in [3.05, 3.63) is 93.3 Å². The smallest absolute Gasteiger partial charge is 0.165 e. The van der Waals surface area contributed by atoms with E-state index in [0.717, 1.165) is 24.8 Å². The third-order valence-electron chi connectivity index (χ3n) is 4.86. The van der Waals surface area contributed by atoms with Gasteiger partial charge in [0.05, 0.1) is 0 Å². The van der Waals surface area contributed by atoms with Crippen LogP contribution in [0.2, 0.25) is 0 Å². The fourth-order valence-corrected chi connectivity index (χ4v) is 3.54. The van der Waals surface area contributed by atoms with Crippen LogP contribution < -0.4 is 4.74 Å². The maximum atomic E-state index is 14.1. The lowest BCUT2D eigenvalue weighted by Crippen LogP contribution is -2.17. The van der Waals surface area contributed by atoms with E-state index in [1.165, 1.54) is 15.2 Å². The lowest BCUT2D eigenvalue weighted by molar-refractivity contribution is 0.439. The molecule has 3 aromatic rings. The van der Waals surface area contributed by atoms with Gasteiger partial charge in [-0.05, 0) is 94.8 Å². The van der Waals surface area contributed by atoms with Gasteiger partial charge in [0.2, 0.25) is 0 Å². The van der Waals surface area contributed by atoms with Crippen LogP contribution in [0, 0.1) is 9.39 Å². The molecule has 0 radical (unpaired) electrons. The summed E-state index contributed by atoms with van der Waals surface area (Å²) in [6, 6.07) is 23.2. The fourth-order valence-electron chi connectivity index (χ4n) is 3.18. The lowest BCUT2D eigenvalue weighted by Gasteiger charge is -2.25. The second-order valence-corrected chi connectivity index (χ2v) is 8.67. The van der Waals surface area contributed by atoms with E-state index in [-0.39, 0.29) is 17.0 Å². The van der Waals surface area contributed by atoms with Gasteiger partial charge >= 0.3 is 0 Å². The molecule has 0 spiro atoms. The lowest BCUT2D eigenvalue weighted by atomic mass is 9.80. The Morgan fingerprint density at radius 2 is 1.63 bits per heavy atom. The minimum atomic E-state index is -0.332. The van der Waals surface area contributed by atoms with Gasteiger partial charge in [-0.1, -0.05) is 50.2 Å². The van der Waals surface area contributed by atoms with Crippen LogP contribution in [0.25, 0.3) is 0 Å². The number of rotatable bonds is 7. The summed E-state index contributed by atoms with van der Waals surface area (Å²) in [4.78, 5) is 0. The molecule has 0 bridgehead atoms. The molecule has 1 nitrogen and oxygen atoms in total. The summed E-state index contributed by atoms with van der Waals surface area (Å²) in [6.45, 7) is 4.56. The second-order valence-electron chi connectivity index (χ2n) is 7.42. The summed E-state index contributed by atoms with van der Waals surface area (Å²) in [7, 11) is 0. The third kappa shape index (κ3) is 5.55. The van der Waals surface area contributed by atoms with Crippen LogP contribution in [0.3, 0.4) is 0 Å². The average Bonchev–Trinajstić information content (AvgIpc) is 2.65. The molecule has 3 rings (SSSR count). The molecule has 3 heteroatoms. The van der Waals surface area contributed by atoms with Crippen LogP contribution in [0.4, 0.5) is 4.39 Å². The Hall–Kier alpha value is -1.88. The number of benzene rings is 3. The van der Waals surface area contributed by atoms with Crippen LogP contribution in [0.1, 0.15) is 37.8 Å². The zero-order valence-electron chi connectivity index (χ0n) is 15.7. The van der Waals surface area contributed by atoms with Gasteiger partial charge in [0, 0.05) is 3.57 Å². The largest absolute Gasteiger partial charge is 0.454 e. The Morgan fingerprint density at radius 1 is 0.926 bits per heavy atom. The number of aryl methyl sites for hydroxylation is 1. The molecule has 27 heavy (non-hydrogen) atoms. The van der Waals surface area contributed by atoms with Gasteiger partial charge in [-0.15, -0.1) is 0 Å². The minimum Gasteiger partial charge on any atom is -0.454 e. The quantitative estimate of drug-likeness (QED) is 0.322. The molecule has 0 heterocycles. The highest BCUT2D eigenvalue weighted by Gasteiger charge is 2.20. The maximum absolute atomic E-state index is 14.1. The first kappa shape index (κ1) is 19.9. The average molecular weight is 474 g/mol. The number of ether oxygens (including phenoxy) is 1. The van der Waals surface area contributed by atoms with E-state index in [9.17, 15) is 4.39 Å². The van der Waals surface area contributed by atoms with Crippen molar-refractivity contribution >= 4 is 22.6 Å². The van der Waals surface area contributed by atoms with E-state index in [0.29, 0.717) is 5.75 Å². The summed E-state index contributed by atoms with van der Waals surface area (Å²) in [5.41, 5.74) is 2.57. The third-order valence-corrected chi connectivity index (χ3v) is 5.58. The summed E-state index contributed by atoms with van der Waals surface area (Å²) in [5.74, 6) is 0.603. The fraction of sp³-hybridized carbons (Fsp3) is 0.250. The highest BCUT2D eigenvalue weighted by Crippen LogP contribution is 2.30. The minimum absolute atomic E-state index is 0.119. The van der Waals surface area contributed by atoms with Gasteiger partial charge < -0.3 is 4.74 Å². The summed E-state index contributed by atoms with van der Waals surface area (Å²) < 4.78 is 21.1. The van der Waals surface area contributed by atoms with Gasteiger partial charge in [0.1, 0.15) is 5.75 Å². The standard InChI is InChI=1S/C24H24FIO/c1-24(2,19-11-13-20(26)14-12-19)16-6-7-18-10-15-22(25)23(17-18)27-21-8-4-3-5-9-21/h3-5,8-15,17H,6-7,16H2,1-2H3. The zero-order valence-corrected chi connectivity index (χ0v) is 17.9. The van der Waals surface area contributed by atoms with Gasteiger partial charge in [-0.3, -0.25) is 0 Å². The monoisotopic (exact) mass is 474 g/mol. The van der Waals surface area contributed by atoms with E-state index in [1.54, 1.807) is 0 Å². The van der Waals surface area contributed by atoms with Crippen LogP contribution in [0.15, 0.2) is 72.8 Å². The molecule has 0 atom stereocenters. The van der Waals surface area contributed by atoms with E-state index in [4.69, 9.17) is 4.74 Å². The SMILES string of the molecule is CC(C)(CCCc1ccc(F)c(Oc2ccccc2)c1)c1ccc(I)cc1. The first-order valence-corrected chi connectivity index (χ1v) is 10.3. The van der Waals surface area contributed by atoms with Gasteiger partial charge in [-0.2, -0.15) is 0 Å². The molecular weight excluding hydrogens is 450 g/mol. The van der Waals surface area contributed by atoms with Crippen molar-refractivity contribution in [1.29, 1.82) is 0 Å². The molecule has 0 fully saturated rings. The normalized spacial score (nSPS) is 11.4. The molecule has 3 aromatic carbocycles. The molecular formula is C24H24FIO. The van der Waals surface area contributed by atoms with Crippen molar-refractivity contribution in [2.75, 3.05) is 0 Å². The summed E-state index contributed by atoms with van der Waals surface area (Å²) in [6.07, 6.45) is 3.01. The Kier molecular flexibility index (Phi) is 6.53. The predicted octanol–water partition coefficient (Wildman–Crippen LogP) is 7.52. The molecule has 0 unspecified atom stereocenters. The van der Waals surface area contributed by atoms with Gasteiger partial charge in [-0.25, -0.2) is 4.39 Å². The molecule has 0 amide bonds. The molecule has 140 valence electrons. The van der Waals surface area contributed by atoms with E-state index in [2.05, 4.69) is 60.7 Å². The van der Waals surface area contributed by atoms with Crippen molar-refractivity contribution in [1.82, 2.24) is 0 Å². The highest BCUT2D eigenvalue weighted by molar-refractivity contribution is 14.1. The van der Waals surface area contributed by atoms with Crippen molar-refractivity contribution in [3.8, 4) is 11.5 Å². The van der Waals surface area contributed by atoms with Crippen molar-refractivity contribution in [3.63, 3.8) is 0 Å². The topological polar surface area (TPSA) is 9.23 Å². The highest BCUT2D eigenvalue weighted by atomic mass is 127. The molecule has 0 aliphatic carbocycles. The second kappa shape index (κ2) is 8.87. The number of hydrogen-bond acceptors (Lipinski definition) is 1. The van der Waals surface area contributed by atoms with Crippen LogP contribution in [-0.4, -0.2) is 0 Å². The Bertz CT molecular complexity index is 873. The van der Waals surface area contributed by atoms with E-state index >= 15 is 0 Å². The molecule has 0 aliphatic rings. The van der Waals surface area contributed by atoms with Gasteiger partial charge in [0.25, 0.3) is 0 Å². The summed E-state index contributed by atoms with van der Waals surface area (Å²) >= 11 is 2.33. The molecule has 0 saturated carbocycles. The van der Waals surface area contributed by atoms with Crippen molar-refractivity contribution < 1.29 is 9.13 Å². The first-order valence-electron chi connectivity index (χ1n) is 9.21. The molecule has 0 aliphatic heterocycles. The van der Waals surface area contributed by atoms with Crippen molar-refractivity contribution in [2.45, 2.75) is 38.5 Å². The van der Waals surface area contributed by atoms with Crippen LogP contribution in [-0.2, 0) is 11.8 Å². The number of para-hydroxylation sites is 1. The first-order chi connectivity index (χ1) is 12.9. The molecule has 0 saturated heterocycles. The Balaban J connectivity index is 1.62. The Labute approximate surface area is 174 Å². The van der Waals surface area contributed by atoms with Gasteiger partial charge in [0.15, 0.2) is 11.6 Å². The predicted molar refractivity (Wildman–Crippen MR) is 118 cm³/mol. The molecule has 0 aromatic heterocycles. The summed E-state index contributed by atoms with van der Waals surface area (Å²) in [5, 5.41) is 0. The van der Waals surface area contributed by atoms with Crippen LogP contribution in [0.5, 0.6) is 11.5 Å². The zero-order chi connectivity index (χ0) is 19.3. The number of halogens is 2. The Morgan fingerprint density at radius 3 is 2.33 bits per heavy atom. The number of hydrogen-bond donors (Lipinski definition) is 0. The van der Waals surface area contributed by atoms with E-state index in [1.807, 2.05) is 42.5 Å². The van der Waals surface area contributed by atoms with Crippen LogP contribution >= 0.6 is 22.6 Å². The van der Waals surface area contributed by atoms with E-state index < -0.39 is 0 Å². The molecule has 0 N–H and O–H groups in total. The maximum Gasteiger partial charge on any atom is 0.165 e. The van der Waals surface area contributed by atoms with Crippen molar-refractivity contribution in [2.24, 2.45) is 0 Å².